The largest absolute Gasteiger partial charge is 0.229 e. The van der Waals surface area contributed by atoms with E-state index in [2.05, 4.69) is 6.58 Å². The van der Waals surface area contributed by atoms with Gasteiger partial charge in [-0.3, -0.25) is 0 Å². The van der Waals surface area contributed by atoms with Crippen molar-refractivity contribution < 1.29 is 4.39 Å². The van der Waals surface area contributed by atoms with Crippen LogP contribution in [0.5, 0.6) is 0 Å². The average molecular weight is 160 g/mol. The van der Waals surface area contributed by atoms with Crippen LogP contribution in [0.15, 0.2) is 43.0 Å². The molecule has 0 bridgehead atoms. The van der Waals surface area contributed by atoms with Crippen molar-refractivity contribution in [1.82, 2.24) is 0 Å². The Kier molecular flexibility index (Phi) is 1.40. The minimum atomic E-state index is -1.45. The van der Waals surface area contributed by atoms with Gasteiger partial charge in [-0.25, -0.2) is 4.39 Å². The van der Waals surface area contributed by atoms with Crippen molar-refractivity contribution in [2.45, 2.75) is 5.67 Å². The fourth-order valence-electron chi connectivity index (χ4n) is 1.47. The normalized spacial score (nSPS) is 25.4. The summed E-state index contributed by atoms with van der Waals surface area (Å²) in [6.45, 7) is 3.49. The maximum absolute atomic E-state index is 13.8. The molecule has 0 aromatic heterocycles. The molecule has 0 saturated carbocycles. The third kappa shape index (κ3) is 0.828. The van der Waals surface area contributed by atoms with Gasteiger partial charge < -0.3 is 0 Å². The number of halogens is 1. The third-order valence-corrected chi connectivity index (χ3v) is 2.18. The molecule has 0 aliphatic heterocycles. The van der Waals surface area contributed by atoms with Gasteiger partial charge in [-0.2, -0.15) is 0 Å². The molecule has 1 heteroatoms. The molecule has 0 fully saturated rings. The molecule has 2 rings (SSSR count). The monoisotopic (exact) mass is 160 g/mol. The summed E-state index contributed by atoms with van der Waals surface area (Å²) in [7, 11) is 0. The van der Waals surface area contributed by atoms with Crippen LogP contribution in [0.2, 0.25) is 0 Å². The quantitative estimate of drug-likeness (QED) is 0.554. The molecule has 1 aliphatic rings. The van der Waals surface area contributed by atoms with Crippen LogP contribution < -0.4 is 0 Å². The van der Waals surface area contributed by atoms with E-state index in [1.165, 1.54) is 12.2 Å². The Balaban J connectivity index is 2.63. The first kappa shape index (κ1) is 7.29. The number of alkyl halides is 1. The molecule has 0 saturated heterocycles. The van der Waals surface area contributed by atoms with Gasteiger partial charge in [-0.05, 0) is 17.7 Å². The van der Waals surface area contributed by atoms with E-state index in [-0.39, 0.29) is 0 Å². The molecule has 0 amide bonds. The second-order valence-corrected chi connectivity index (χ2v) is 2.89. The number of allylic oxidation sites excluding steroid dienone is 2. The molecule has 60 valence electrons. The predicted molar refractivity (Wildman–Crippen MR) is 48.5 cm³/mol. The maximum Gasteiger partial charge on any atom is 0.173 e. The lowest BCUT2D eigenvalue weighted by Gasteiger charge is -2.13. The van der Waals surface area contributed by atoms with E-state index in [0.717, 1.165) is 5.56 Å². The Morgan fingerprint density at radius 3 is 2.83 bits per heavy atom. The van der Waals surface area contributed by atoms with Crippen molar-refractivity contribution in [3.63, 3.8) is 0 Å². The van der Waals surface area contributed by atoms with Crippen molar-refractivity contribution in [2.24, 2.45) is 0 Å². The standard InChI is InChI=1S/C11H9F/c1-2-11(12)8-7-9-5-3-4-6-10(9)11/h2-8H,1H2. The average Bonchev–Trinajstić information content (AvgIpc) is 2.46. The van der Waals surface area contributed by atoms with Crippen molar-refractivity contribution >= 4 is 6.08 Å². The summed E-state index contributed by atoms with van der Waals surface area (Å²) >= 11 is 0. The van der Waals surface area contributed by atoms with Crippen LogP contribution in [0.3, 0.4) is 0 Å². The lowest BCUT2D eigenvalue weighted by atomic mass is 9.98. The van der Waals surface area contributed by atoms with Gasteiger partial charge in [0.05, 0.1) is 0 Å². The van der Waals surface area contributed by atoms with E-state index in [0.29, 0.717) is 5.56 Å². The zero-order valence-electron chi connectivity index (χ0n) is 6.63. The maximum atomic E-state index is 13.8. The Bertz CT molecular complexity index is 352. The van der Waals surface area contributed by atoms with E-state index in [9.17, 15) is 4.39 Å². The van der Waals surface area contributed by atoms with Crippen molar-refractivity contribution in [1.29, 1.82) is 0 Å². The number of rotatable bonds is 1. The first-order valence-corrected chi connectivity index (χ1v) is 3.87. The lowest BCUT2D eigenvalue weighted by molar-refractivity contribution is 0.312. The summed E-state index contributed by atoms with van der Waals surface area (Å²) in [6, 6.07) is 7.43. The zero-order valence-corrected chi connectivity index (χ0v) is 6.63. The first-order chi connectivity index (χ1) is 5.76. The van der Waals surface area contributed by atoms with Gasteiger partial charge in [0.1, 0.15) is 0 Å². The Labute approximate surface area is 71.0 Å². The minimum absolute atomic E-state index is 0.694. The van der Waals surface area contributed by atoms with E-state index in [1.54, 1.807) is 12.1 Å². The molecule has 0 nitrogen and oxygen atoms in total. The predicted octanol–water partition coefficient (Wildman–Crippen LogP) is 3.06. The van der Waals surface area contributed by atoms with Crippen LogP contribution >= 0.6 is 0 Å². The van der Waals surface area contributed by atoms with E-state index in [4.69, 9.17) is 0 Å². The van der Waals surface area contributed by atoms with Gasteiger partial charge in [0.25, 0.3) is 0 Å². The van der Waals surface area contributed by atoms with Crippen molar-refractivity contribution in [3.8, 4) is 0 Å². The van der Waals surface area contributed by atoms with Crippen LogP contribution in [0.1, 0.15) is 11.1 Å². The van der Waals surface area contributed by atoms with E-state index in [1.807, 2.05) is 18.2 Å². The number of fused-ring (bicyclic) bond motifs is 1. The second kappa shape index (κ2) is 2.31. The van der Waals surface area contributed by atoms with Crippen molar-refractivity contribution in [3.05, 3.63) is 54.1 Å². The summed E-state index contributed by atoms with van der Waals surface area (Å²) in [5.74, 6) is 0. The molecule has 1 atom stereocenters. The van der Waals surface area contributed by atoms with E-state index >= 15 is 0 Å². The highest BCUT2D eigenvalue weighted by atomic mass is 19.1. The zero-order chi connectivity index (χ0) is 8.60. The summed E-state index contributed by atoms with van der Waals surface area (Å²) in [6.07, 6.45) is 4.65. The van der Waals surface area contributed by atoms with Gasteiger partial charge in [-0.15, -0.1) is 0 Å². The molecular formula is C11H9F. The highest BCUT2D eigenvalue weighted by Crippen LogP contribution is 2.37. The number of hydrogen-bond donors (Lipinski definition) is 0. The number of benzene rings is 1. The van der Waals surface area contributed by atoms with Crippen LogP contribution in [0, 0.1) is 0 Å². The van der Waals surface area contributed by atoms with Gasteiger partial charge in [0, 0.05) is 5.56 Å². The Morgan fingerprint density at radius 2 is 2.08 bits per heavy atom. The molecule has 0 spiro atoms. The van der Waals surface area contributed by atoms with Crippen LogP contribution in [0.25, 0.3) is 6.08 Å². The molecule has 1 aliphatic carbocycles. The fourth-order valence-corrected chi connectivity index (χ4v) is 1.47. The molecule has 0 N–H and O–H groups in total. The SMILES string of the molecule is C=CC1(F)C=Cc2ccccc21. The molecule has 1 aromatic carbocycles. The van der Waals surface area contributed by atoms with Crippen LogP contribution in [-0.4, -0.2) is 0 Å². The minimum Gasteiger partial charge on any atom is -0.229 e. The molecule has 1 unspecified atom stereocenters. The summed E-state index contributed by atoms with van der Waals surface area (Å²) in [5.41, 5.74) is 0.191. The van der Waals surface area contributed by atoms with Crippen LogP contribution in [0.4, 0.5) is 4.39 Å². The Morgan fingerprint density at radius 1 is 1.33 bits per heavy atom. The fraction of sp³-hybridized carbons (Fsp3) is 0.0909. The first-order valence-electron chi connectivity index (χ1n) is 3.87. The third-order valence-electron chi connectivity index (χ3n) is 2.18. The summed E-state index contributed by atoms with van der Waals surface area (Å²) in [5, 5.41) is 0. The highest BCUT2D eigenvalue weighted by Gasteiger charge is 2.30. The van der Waals surface area contributed by atoms with Crippen molar-refractivity contribution in [2.75, 3.05) is 0 Å². The molecule has 12 heavy (non-hydrogen) atoms. The van der Waals surface area contributed by atoms with E-state index < -0.39 is 5.67 Å². The smallest absolute Gasteiger partial charge is 0.173 e. The van der Waals surface area contributed by atoms with Gasteiger partial charge >= 0.3 is 0 Å². The summed E-state index contributed by atoms with van der Waals surface area (Å²) in [4.78, 5) is 0. The molecule has 1 aromatic rings. The molecular weight excluding hydrogens is 151 g/mol. The van der Waals surface area contributed by atoms with Gasteiger partial charge in [0.15, 0.2) is 5.67 Å². The lowest BCUT2D eigenvalue weighted by Crippen LogP contribution is -2.09. The topological polar surface area (TPSA) is 0 Å². The van der Waals surface area contributed by atoms with Crippen LogP contribution in [-0.2, 0) is 5.67 Å². The Hall–Kier alpha value is -1.37. The van der Waals surface area contributed by atoms with Gasteiger partial charge in [0.2, 0.25) is 0 Å². The number of hydrogen-bond acceptors (Lipinski definition) is 0. The highest BCUT2D eigenvalue weighted by molar-refractivity contribution is 5.65. The molecule has 0 radical (unpaired) electrons. The molecule has 0 heterocycles. The summed E-state index contributed by atoms with van der Waals surface area (Å²) < 4.78 is 13.8. The second-order valence-electron chi connectivity index (χ2n) is 2.89. The van der Waals surface area contributed by atoms with Gasteiger partial charge in [-0.1, -0.05) is 36.9 Å².